The Kier molecular flexibility index (Phi) is 1.94. The molecule has 14 heavy (non-hydrogen) atoms. The summed E-state index contributed by atoms with van der Waals surface area (Å²) in [5, 5.41) is 18.2. The largest absolute Gasteiger partial charge is 0.510 e. The number of aliphatic hydroxyl groups is 1. The first-order valence-electron chi connectivity index (χ1n) is 4.56. The van der Waals surface area contributed by atoms with Crippen LogP contribution in [0, 0.1) is 5.92 Å². The standard InChI is InChI=1S/C9H11NO4/c11-7-4-8(12)10(9(13)14)6(7)3-5-1-2-5/h4-6,11H,1-3H2,(H,13,14). The number of imide groups is 1. The minimum Gasteiger partial charge on any atom is -0.510 e. The highest BCUT2D eigenvalue weighted by molar-refractivity contribution is 6.01. The Balaban J connectivity index is 2.13. The lowest BCUT2D eigenvalue weighted by molar-refractivity contribution is -0.124. The second kappa shape index (κ2) is 3.01. The van der Waals surface area contributed by atoms with Gasteiger partial charge in [-0.2, -0.15) is 0 Å². The zero-order valence-electron chi connectivity index (χ0n) is 7.51. The van der Waals surface area contributed by atoms with Crippen molar-refractivity contribution in [2.24, 2.45) is 5.92 Å². The van der Waals surface area contributed by atoms with Crippen LogP contribution in [0.15, 0.2) is 11.8 Å². The molecule has 5 heteroatoms. The minimum atomic E-state index is -1.29. The summed E-state index contributed by atoms with van der Waals surface area (Å²) >= 11 is 0. The number of hydrogen-bond donors (Lipinski definition) is 2. The lowest BCUT2D eigenvalue weighted by atomic mass is 10.1. The Morgan fingerprint density at radius 2 is 2.21 bits per heavy atom. The molecule has 2 N–H and O–H groups in total. The molecule has 1 unspecified atom stereocenters. The van der Waals surface area contributed by atoms with E-state index in [0.717, 1.165) is 18.9 Å². The maximum absolute atomic E-state index is 11.1. The van der Waals surface area contributed by atoms with Gasteiger partial charge in [0.25, 0.3) is 5.91 Å². The molecular formula is C9H11NO4. The molecule has 0 aromatic carbocycles. The molecule has 1 atom stereocenters. The first kappa shape index (κ1) is 9.05. The molecule has 0 aromatic heterocycles. The fourth-order valence-electron chi connectivity index (χ4n) is 1.70. The lowest BCUT2D eigenvalue weighted by Gasteiger charge is -2.20. The van der Waals surface area contributed by atoms with Crippen LogP contribution in [0.1, 0.15) is 19.3 Å². The molecule has 1 aliphatic heterocycles. The van der Waals surface area contributed by atoms with Crippen LogP contribution in [0.5, 0.6) is 0 Å². The molecule has 76 valence electrons. The highest BCUT2D eigenvalue weighted by Crippen LogP contribution is 2.37. The van der Waals surface area contributed by atoms with E-state index in [1.54, 1.807) is 0 Å². The zero-order valence-corrected chi connectivity index (χ0v) is 7.51. The lowest BCUT2D eigenvalue weighted by Crippen LogP contribution is -2.39. The smallest absolute Gasteiger partial charge is 0.415 e. The minimum absolute atomic E-state index is 0.121. The molecule has 0 spiro atoms. The van der Waals surface area contributed by atoms with E-state index in [9.17, 15) is 14.7 Å². The van der Waals surface area contributed by atoms with Gasteiger partial charge >= 0.3 is 6.09 Å². The molecule has 0 radical (unpaired) electrons. The molecule has 2 amide bonds. The summed E-state index contributed by atoms with van der Waals surface area (Å²) in [7, 11) is 0. The van der Waals surface area contributed by atoms with E-state index < -0.39 is 18.0 Å². The van der Waals surface area contributed by atoms with Gasteiger partial charge in [0.15, 0.2) is 0 Å². The predicted octanol–water partition coefficient (Wildman–Crippen LogP) is 1.12. The molecule has 0 saturated heterocycles. The van der Waals surface area contributed by atoms with Crippen LogP contribution < -0.4 is 0 Å². The van der Waals surface area contributed by atoms with Crippen LogP contribution in [0.25, 0.3) is 0 Å². The van der Waals surface area contributed by atoms with Crippen LogP contribution in [-0.2, 0) is 4.79 Å². The Morgan fingerprint density at radius 3 is 2.71 bits per heavy atom. The molecule has 2 rings (SSSR count). The second-order valence-corrected chi connectivity index (χ2v) is 3.75. The first-order valence-corrected chi connectivity index (χ1v) is 4.56. The van der Waals surface area contributed by atoms with Crippen molar-refractivity contribution >= 4 is 12.0 Å². The fraction of sp³-hybridized carbons (Fsp3) is 0.556. The van der Waals surface area contributed by atoms with Gasteiger partial charge in [0.1, 0.15) is 11.8 Å². The predicted molar refractivity (Wildman–Crippen MR) is 46.7 cm³/mol. The van der Waals surface area contributed by atoms with E-state index in [1.807, 2.05) is 0 Å². The number of carbonyl (C=O) groups is 2. The monoisotopic (exact) mass is 197 g/mol. The number of nitrogens with zero attached hydrogens (tertiary/aromatic N) is 1. The number of amides is 2. The second-order valence-electron chi connectivity index (χ2n) is 3.75. The number of aliphatic hydroxyl groups excluding tert-OH is 1. The van der Waals surface area contributed by atoms with Crippen molar-refractivity contribution < 1.29 is 19.8 Å². The average Bonchev–Trinajstić information content (AvgIpc) is 2.80. The summed E-state index contributed by atoms with van der Waals surface area (Å²) in [5.41, 5.74) is 0. The molecule has 5 nitrogen and oxygen atoms in total. The number of carbonyl (C=O) groups excluding carboxylic acids is 1. The molecule has 1 fully saturated rings. The molecular weight excluding hydrogens is 186 g/mol. The SMILES string of the molecule is O=C(O)N1C(=O)C=C(O)C1CC1CC1. The Hall–Kier alpha value is -1.52. The molecule has 0 bridgehead atoms. The zero-order chi connectivity index (χ0) is 10.3. The quantitative estimate of drug-likeness (QED) is 0.695. The van der Waals surface area contributed by atoms with E-state index in [1.165, 1.54) is 0 Å². The summed E-state index contributed by atoms with van der Waals surface area (Å²) in [6.45, 7) is 0. The molecule has 1 aliphatic carbocycles. The average molecular weight is 197 g/mol. The van der Waals surface area contributed by atoms with Crippen LogP contribution in [0.4, 0.5) is 4.79 Å². The number of carboxylic acid groups (broad SMARTS) is 1. The van der Waals surface area contributed by atoms with Gasteiger partial charge in [-0.25, -0.2) is 9.69 Å². The Labute approximate surface area is 80.6 Å². The van der Waals surface area contributed by atoms with Crippen molar-refractivity contribution in [1.29, 1.82) is 0 Å². The van der Waals surface area contributed by atoms with Gasteiger partial charge in [0.05, 0.1) is 0 Å². The molecule has 1 saturated carbocycles. The highest BCUT2D eigenvalue weighted by atomic mass is 16.4. The maximum Gasteiger partial charge on any atom is 0.415 e. The van der Waals surface area contributed by atoms with Gasteiger partial charge in [-0.05, 0) is 12.3 Å². The van der Waals surface area contributed by atoms with Crippen molar-refractivity contribution in [1.82, 2.24) is 4.90 Å². The third kappa shape index (κ3) is 1.45. The van der Waals surface area contributed by atoms with Gasteiger partial charge in [0.2, 0.25) is 0 Å². The third-order valence-corrected chi connectivity index (χ3v) is 2.62. The van der Waals surface area contributed by atoms with Crippen molar-refractivity contribution in [2.45, 2.75) is 25.3 Å². The fourth-order valence-corrected chi connectivity index (χ4v) is 1.70. The number of hydrogen-bond acceptors (Lipinski definition) is 3. The molecule has 2 aliphatic rings. The normalized spacial score (nSPS) is 26.6. The van der Waals surface area contributed by atoms with E-state index in [-0.39, 0.29) is 5.76 Å². The Bertz CT molecular complexity index is 319. The van der Waals surface area contributed by atoms with Gasteiger partial charge in [-0.1, -0.05) is 12.8 Å². The van der Waals surface area contributed by atoms with Crippen molar-refractivity contribution in [3.63, 3.8) is 0 Å². The van der Waals surface area contributed by atoms with E-state index >= 15 is 0 Å². The van der Waals surface area contributed by atoms with Gasteiger partial charge in [0, 0.05) is 6.08 Å². The van der Waals surface area contributed by atoms with Crippen molar-refractivity contribution in [2.75, 3.05) is 0 Å². The van der Waals surface area contributed by atoms with Crippen LogP contribution in [-0.4, -0.2) is 33.2 Å². The van der Waals surface area contributed by atoms with Crippen LogP contribution in [0.2, 0.25) is 0 Å². The van der Waals surface area contributed by atoms with Crippen molar-refractivity contribution in [3.05, 3.63) is 11.8 Å². The van der Waals surface area contributed by atoms with E-state index in [2.05, 4.69) is 0 Å². The topological polar surface area (TPSA) is 77.8 Å². The van der Waals surface area contributed by atoms with E-state index in [0.29, 0.717) is 17.2 Å². The summed E-state index contributed by atoms with van der Waals surface area (Å²) < 4.78 is 0. The van der Waals surface area contributed by atoms with Crippen LogP contribution >= 0.6 is 0 Å². The summed E-state index contributed by atoms with van der Waals surface area (Å²) in [5.74, 6) is -0.298. The first-order chi connectivity index (χ1) is 6.59. The van der Waals surface area contributed by atoms with Gasteiger partial charge in [-0.15, -0.1) is 0 Å². The maximum atomic E-state index is 11.1. The third-order valence-electron chi connectivity index (χ3n) is 2.62. The van der Waals surface area contributed by atoms with Gasteiger partial charge < -0.3 is 10.2 Å². The Morgan fingerprint density at radius 1 is 1.57 bits per heavy atom. The summed E-state index contributed by atoms with van der Waals surface area (Å²) in [6.07, 6.45) is 2.37. The van der Waals surface area contributed by atoms with Crippen molar-refractivity contribution in [3.8, 4) is 0 Å². The summed E-state index contributed by atoms with van der Waals surface area (Å²) in [4.78, 5) is 22.6. The van der Waals surface area contributed by atoms with Crippen LogP contribution in [0.3, 0.4) is 0 Å². The highest BCUT2D eigenvalue weighted by Gasteiger charge is 2.40. The van der Waals surface area contributed by atoms with E-state index in [4.69, 9.17) is 5.11 Å². The summed E-state index contributed by atoms with van der Waals surface area (Å²) in [6, 6.07) is -0.646. The number of rotatable bonds is 2. The van der Waals surface area contributed by atoms with Gasteiger partial charge in [-0.3, -0.25) is 4.79 Å². The molecule has 0 aromatic rings. The molecule has 1 heterocycles.